The Balaban J connectivity index is 2.45. The third kappa shape index (κ3) is 3.07. The van der Waals surface area contributed by atoms with Crippen molar-refractivity contribution in [3.8, 4) is 0 Å². The minimum Gasteiger partial charge on any atom is -0.311 e. The molecule has 0 aliphatic rings. The second-order valence-corrected chi connectivity index (χ2v) is 5.62. The number of imidazole rings is 1. The predicted molar refractivity (Wildman–Crippen MR) is 79.8 cm³/mol. The first-order chi connectivity index (χ1) is 9.02. The monoisotopic (exact) mass is 280 g/mol. The van der Waals surface area contributed by atoms with Gasteiger partial charge in [0.2, 0.25) is 0 Å². The maximum absolute atomic E-state index is 5.88. The summed E-state index contributed by atoms with van der Waals surface area (Å²) in [5.74, 6) is 1.61. The van der Waals surface area contributed by atoms with Crippen LogP contribution in [0.15, 0.2) is 12.3 Å². The van der Waals surface area contributed by atoms with E-state index in [1.165, 1.54) is 0 Å². The van der Waals surface area contributed by atoms with Gasteiger partial charge in [-0.2, -0.15) is 0 Å². The topological polar surface area (TPSA) is 34.0 Å². The molecule has 0 saturated heterocycles. The van der Waals surface area contributed by atoms with E-state index in [1.807, 2.05) is 13.1 Å². The highest BCUT2D eigenvalue weighted by molar-refractivity contribution is 6.17. The fourth-order valence-corrected chi connectivity index (χ4v) is 2.22. The summed E-state index contributed by atoms with van der Waals surface area (Å²) in [5.41, 5.74) is 3.06. The van der Waals surface area contributed by atoms with Gasteiger partial charge in [0.1, 0.15) is 11.3 Å². The third-order valence-electron chi connectivity index (χ3n) is 3.45. The van der Waals surface area contributed by atoms with E-state index in [0.717, 1.165) is 35.5 Å². The normalized spacial score (nSPS) is 13.4. The molecule has 0 amide bonds. The van der Waals surface area contributed by atoms with Crippen molar-refractivity contribution in [2.45, 2.75) is 32.9 Å². The molecule has 0 bridgehead atoms. The smallest absolute Gasteiger partial charge is 0.160 e. The largest absolute Gasteiger partial charge is 0.311 e. The van der Waals surface area contributed by atoms with E-state index in [-0.39, 0.29) is 0 Å². The lowest BCUT2D eigenvalue weighted by molar-refractivity contribution is 0.283. The molecule has 5 heteroatoms. The fourth-order valence-electron chi connectivity index (χ4n) is 2.05. The lowest BCUT2D eigenvalue weighted by Gasteiger charge is -2.21. The van der Waals surface area contributed by atoms with Crippen LogP contribution >= 0.6 is 11.6 Å². The Morgan fingerprint density at radius 1 is 1.42 bits per heavy atom. The van der Waals surface area contributed by atoms with Crippen LogP contribution in [-0.2, 0) is 13.0 Å². The quantitative estimate of drug-likeness (QED) is 0.789. The Morgan fingerprint density at radius 2 is 2.16 bits per heavy atom. The Hall–Kier alpha value is -1.13. The van der Waals surface area contributed by atoms with Crippen LogP contribution in [0, 0.1) is 6.92 Å². The Labute approximate surface area is 119 Å². The Kier molecular flexibility index (Phi) is 4.42. The summed E-state index contributed by atoms with van der Waals surface area (Å²) in [4.78, 5) is 11.4. The number of hydrogen-bond donors (Lipinski definition) is 0. The number of aromatic nitrogens is 3. The lowest BCUT2D eigenvalue weighted by Crippen LogP contribution is -2.30. The summed E-state index contributed by atoms with van der Waals surface area (Å²) in [6.45, 7) is 5.12. The van der Waals surface area contributed by atoms with E-state index in [9.17, 15) is 0 Å². The van der Waals surface area contributed by atoms with E-state index in [0.29, 0.717) is 11.9 Å². The number of likely N-dealkylation sites (N-methyl/N-ethyl adjacent to an activating group) is 1. The van der Waals surface area contributed by atoms with Crippen LogP contribution in [0.4, 0.5) is 0 Å². The number of alkyl halides is 1. The van der Waals surface area contributed by atoms with E-state index in [1.54, 1.807) is 0 Å². The van der Waals surface area contributed by atoms with Crippen LogP contribution in [0.25, 0.3) is 11.2 Å². The summed E-state index contributed by atoms with van der Waals surface area (Å²) >= 11 is 5.88. The second kappa shape index (κ2) is 5.88. The van der Waals surface area contributed by atoms with Crippen LogP contribution in [0.2, 0.25) is 0 Å². The molecule has 0 spiro atoms. The highest BCUT2D eigenvalue weighted by Gasteiger charge is 2.15. The first kappa shape index (κ1) is 14.3. The van der Waals surface area contributed by atoms with Crippen molar-refractivity contribution in [3.05, 3.63) is 23.7 Å². The molecule has 0 saturated carbocycles. The second-order valence-electron chi connectivity index (χ2n) is 5.25. The van der Waals surface area contributed by atoms with Crippen LogP contribution < -0.4 is 0 Å². The number of pyridine rings is 1. The SMILES string of the molecule is Cc1cnc2c(c1)nc(CCCl)n2CC(C)N(C)C. The minimum absolute atomic E-state index is 0.426. The van der Waals surface area contributed by atoms with Crippen molar-refractivity contribution in [1.82, 2.24) is 19.4 Å². The predicted octanol–water partition coefficient (Wildman–Crippen LogP) is 2.47. The van der Waals surface area contributed by atoms with Crippen molar-refractivity contribution in [2.24, 2.45) is 0 Å². The molecule has 0 aliphatic carbocycles. The van der Waals surface area contributed by atoms with Gasteiger partial charge in [-0.05, 0) is 39.6 Å². The average Bonchev–Trinajstić information content (AvgIpc) is 2.67. The maximum Gasteiger partial charge on any atom is 0.160 e. The molecule has 0 radical (unpaired) electrons. The first-order valence-electron chi connectivity index (χ1n) is 6.57. The molecular formula is C14H21ClN4. The minimum atomic E-state index is 0.426. The van der Waals surface area contributed by atoms with Crippen LogP contribution in [0.5, 0.6) is 0 Å². The Morgan fingerprint density at radius 3 is 2.79 bits per heavy atom. The molecule has 1 unspecified atom stereocenters. The molecule has 104 valence electrons. The maximum atomic E-state index is 5.88. The molecule has 2 aromatic heterocycles. The highest BCUT2D eigenvalue weighted by Crippen LogP contribution is 2.17. The van der Waals surface area contributed by atoms with Crippen molar-refractivity contribution in [1.29, 1.82) is 0 Å². The standard InChI is InChI=1S/C14H21ClN4/c1-10-7-12-14(16-8-10)19(9-11(2)18(3)4)13(17-12)5-6-15/h7-8,11H,5-6,9H2,1-4H3. The molecule has 0 N–H and O–H groups in total. The molecule has 2 rings (SSSR count). The molecular weight excluding hydrogens is 260 g/mol. The number of hydrogen-bond acceptors (Lipinski definition) is 3. The molecule has 4 nitrogen and oxygen atoms in total. The van der Waals surface area contributed by atoms with Gasteiger partial charge in [0.15, 0.2) is 5.65 Å². The van der Waals surface area contributed by atoms with Crippen molar-refractivity contribution in [3.63, 3.8) is 0 Å². The van der Waals surface area contributed by atoms with Gasteiger partial charge in [0.05, 0.1) is 0 Å². The van der Waals surface area contributed by atoms with Gasteiger partial charge in [-0.3, -0.25) is 0 Å². The van der Waals surface area contributed by atoms with Gasteiger partial charge in [0, 0.05) is 31.1 Å². The Bertz CT molecular complexity index is 562. The lowest BCUT2D eigenvalue weighted by atomic mass is 10.3. The van der Waals surface area contributed by atoms with E-state index >= 15 is 0 Å². The van der Waals surface area contributed by atoms with Gasteiger partial charge in [-0.25, -0.2) is 9.97 Å². The van der Waals surface area contributed by atoms with E-state index < -0.39 is 0 Å². The zero-order valence-electron chi connectivity index (χ0n) is 12.0. The summed E-state index contributed by atoms with van der Waals surface area (Å²) in [7, 11) is 4.17. The van der Waals surface area contributed by atoms with Crippen LogP contribution in [0.1, 0.15) is 18.3 Å². The number of fused-ring (bicyclic) bond motifs is 1. The van der Waals surface area contributed by atoms with Crippen LogP contribution in [0.3, 0.4) is 0 Å². The first-order valence-corrected chi connectivity index (χ1v) is 7.10. The number of rotatable bonds is 5. The average molecular weight is 281 g/mol. The van der Waals surface area contributed by atoms with Gasteiger partial charge < -0.3 is 9.47 Å². The summed E-state index contributed by atoms with van der Waals surface area (Å²) in [6.07, 6.45) is 2.67. The van der Waals surface area contributed by atoms with Gasteiger partial charge >= 0.3 is 0 Å². The summed E-state index contributed by atoms with van der Waals surface area (Å²) < 4.78 is 2.20. The molecule has 19 heavy (non-hydrogen) atoms. The highest BCUT2D eigenvalue weighted by atomic mass is 35.5. The molecule has 2 aromatic rings. The summed E-state index contributed by atoms with van der Waals surface area (Å²) in [6, 6.07) is 2.51. The van der Waals surface area contributed by atoms with E-state index in [4.69, 9.17) is 11.6 Å². The van der Waals surface area contributed by atoms with Gasteiger partial charge in [0.25, 0.3) is 0 Å². The zero-order chi connectivity index (χ0) is 14.0. The number of nitrogens with zero attached hydrogens (tertiary/aromatic N) is 4. The van der Waals surface area contributed by atoms with Crippen LogP contribution in [-0.4, -0.2) is 45.5 Å². The molecule has 0 aromatic carbocycles. The fraction of sp³-hybridized carbons (Fsp3) is 0.571. The number of aryl methyl sites for hydroxylation is 2. The summed E-state index contributed by atoms with van der Waals surface area (Å²) in [5, 5.41) is 0. The van der Waals surface area contributed by atoms with Crippen molar-refractivity contribution in [2.75, 3.05) is 20.0 Å². The molecule has 0 aliphatic heterocycles. The zero-order valence-corrected chi connectivity index (χ0v) is 12.8. The molecule has 2 heterocycles. The number of halogens is 1. The van der Waals surface area contributed by atoms with Crippen molar-refractivity contribution < 1.29 is 0 Å². The third-order valence-corrected chi connectivity index (χ3v) is 3.64. The van der Waals surface area contributed by atoms with Gasteiger partial charge in [-0.15, -0.1) is 11.6 Å². The van der Waals surface area contributed by atoms with Crippen molar-refractivity contribution >= 4 is 22.8 Å². The van der Waals surface area contributed by atoms with E-state index in [2.05, 4.69) is 46.5 Å². The molecule has 0 fully saturated rings. The molecule has 1 atom stereocenters. The van der Waals surface area contributed by atoms with Gasteiger partial charge in [-0.1, -0.05) is 0 Å².